The van der Waals surface area contributed by atoms with Gasteiger partial charge in [-0.15, -0.1) is 0 Å². The van der Waals surface area contributed by atoms with Crippen molar-refractivity contribution in [3.63, 3.8) is 0 Å². The predicted molar refractivity (Wildman–Crippen MR) is 95.5 cm³/mol. The van der Waals surface area contributed by atoms with Gasteiger partial charge >= 0.3 is 5.63 Å². The van der Waals surface area contributed by atoms with Gasteiger partial charge in [0.1, 0.15) is 11.3 Å². The van der Waals surface area contributed by atoms with E-state index in [1.165, 1.54) is 5.56 Å². The standard InChI is InChI=1S/C20H21NO3/c1-21(11-10-15-6-4-3-5-7-15)14-16-12-20(22)24-19-13-17(23-2)8-9-18(16)19/h3-9,12-13H,10-11,14H2,1-2H3. The number of fused-ring (bicyclic) bond motifs is 1. The average Bonchev–Trinajstić information content (AvgIpc) is 2.60. The summed E-state index contributed by atoms with van der Waals surface area (Å²) in [6.45, 7) is 1.61. The van der Waals surface area contributed by atoms with E-state index in [-0.39, 0.29) is 5.63 Å². The SMILES string of the molecule is COc1ccc2c(CN(C)CCc3ccccc3)cc(=O)oc2c1. The van der Waals surface area contributed by atoms with Crippen LogP contribution in [0.5, 0.6) is 5.75 Å². The highest BCUT2D eigenvalue weighted by Crippen LogP contribution is 2.23. The second kappa shape index (κ2) is 7.32. The summed E-state index contributed by atoms with van der Waals surface area (Å²) >= 11 is 0. The Morgan fingerprint density at radius 1 is 1.08 bits per heavy atom. The van der Waals surface area contributed by atoms with E-state index in [1.54, 1.807) is 19.2 Å². The van der Waals surface area contributed by atoms with E-state index in [2.05, 4.69) is 36.2 Å². The van der Waals surface area contributed by atoms with Crippen molar-refractivity contribution in [3.05, 3.63) is 76.1 Å². The minimum atomic E-state index is -0.331. The van der Waals surface area contributed by atoms with Gasteiger partial charge in [-0.25, -0.2) is 4.79 Å². The second-order valence-corrected chi connectivity index (χ2v) is 5.93. The molecule has 3 aromatic rings. The van der Waals surface area contributed by atoms with Crippen molar-refractivity contribution in [2.24, 2.45) is 0 Å². The van der Waals surface area contributed by atoms with Crippen LogP contribution in [-0.4, -0.2) is 25.6 Å². The van der Waals surface area contributed by atoms with Crippen molar-refractivity contribution in [2.75, 3.05) is 20.7 Å². The van der Waals surface area contributed by atoms with Crippen molar-refractivity contribution >= 4 is 11.0 Å². The molecule has 0 radical (unpaired) electrons. The Balaban J connectivity index is 1.77. The molecule has 2 aromatic carbocycles. The molecule has 0 fully saturated rings. The average molecular weight is 323 g/mol. The van der Waals surface area contributed by atoms with Crippen molar-refractivity contribution in [1.29, 1.82) is 0 Å². The minimum absolute atomic E-state index is 0.331. The van der Waals surface area contributed by atoms with Gasteiger partial charge in [0.05, 0.1) is 7.11 Å². The van der Waals surface area contributed by atoms with Gasteiger partial charge < -0.3 is 14.1 Å². The molecule has 0 N–H and O–H groups in total. The maximum Gasteiger partial charge on any atom is 0.336 e. The van der Waals surface area contributed by atoms with Crippen molar-refractivity contribution in [2.45, 2.75) is 13.0 Å². The van der Waals surface area contributed by atoms with Gasteiger partial charge in [-0.05, 0) is 36.7 Å². The van der Waals surface area contributed by atoms with E-state index < -0.39 is 0 Å². The lowest BCUT2D eigenvalue weighted by molar-refractivity contribution is 0.331. The largest absolute Gasteiger partial charge is 0.497 e. The molecule has 0 aliphatic heterocycles. The first-order valence-electron chi connectivity index (χ1n) is 7.99. The zero-order valence-corrected chi connectivity index (χ0v) is 14.0. The molecule has 0 aliphatic rings. The summed E-state index contributed by atoms with van der Waals surface area (Å²) in [7, 11) is 3.66. The van der Waals surface area contributed by atoms with Gasteiger partial charge in [-0.2, -0.15) is 0 Å². The molecule has 1 aromatic heterocycles. The summed E-state index contributed by atoms with van der Waals surface area (Å²) < 4.78 is 10.5. The Bertz CT molecular complexity index is 871. The zero-order chi connectivity index (χ0) is 16.9. The molecule has 3 rings (SSSR count). The number of likely N-dealkylation sites (N-methyl/N-ethyl adjacent to an activating group) is 1. The number of rotatable bonds is 6. The molecule has 0 unspecified atom stereocenters. The topological polar surface area (TPSA) is 42.7 Å². The number of benzene rings is 2. The Kier molecular flexibility index (Phi) is 4.96. The fraction of sp³-hybridized carbons (Fsp3) is 0.250. The van der Waals surface area contributed by atoms with E-state index in [1.807, 2.05) is 18.2 Å². The van der Waals surface area contributed by atoms with Gasteiger partial charge in [0.15, 0.2) is 0 Å². The molecule has 4 heteroatoms. The molecule has 0 saturated heterocycles. The molecule has 24 heavy (non-hydrogen) atoms. The Morgan fingerprint density at radius 3 is 2.62 bits per heavy atom. The Hall–Kier alpha value is -2.59. The van der Waals surface area contributed by atoms with Crippen LogP contribution in [0.2, 0.25) is 0 Å². The number of ether oxygens (including phenoxy) is 1. The molecule has 0 spiro atoms. The monoisotopic (exact) mass is 323 g/mol. The van der Waals surface area contributed by atoms with Gasteiger partial charge in [0, 0.05) is 30.6 Å². The molecule has 0 amide bonds. The third-order valence-corrected chi connectivity index (χ3v) is 4.10. The molecule has 4 nitrogen and oxygen atoms in total. The lowest BCUT2D eigenvalue weighted by Gasteiger charge is -2.17. The van der Waals surface area contributed by atoms with Crippen LogP contribution in [0.3, 0.4) is 0 Å². The number of methoxy groups -OCH3 is 1. The fourth-order valence-electron chi connectivity index (χ4n) is 2.80. The maximum atomic E-state index is 11.8. The molecule has 0 bridgehead atoms. The first kappa shape index (κ1) is 16.3. The predicted octanol–water partition coefficient (Wildman–Crippen LogP) is 3.48. The van der Waals surface area contributed by atoms with Crippen molar-refractivity contribution in [3.8, 4) is 5.75 Å². The first-order chi connectivity index (χ1) is 11.7. The van der Waals surface area contributed by atoms with Crippen LogP contribution in [0.15, 0.2) is 63.8 Å². The molecule has 1 heterocycles. The van der Waals surface area contributed by atoms with Gasteiger partial charge in [0.2, 0.25) is 0 Å². The van der Waals surface area contributed by atoms with Crippen molar-refractivity contribution < 1.29 is 9.15 Å². The normalized spacial score (nSPS) is 11.1. The maximum absolute atomic E-state index is 11.8. The fourth-order valence-corrected chi connectivity index (χ4v) is 2.80. The molecule has 124 valence electrons. The van der Waals surface area contributed by atoms with Crippen LogP contribution in [0.25, 0.3) is 11.0 Å². The summed E-state index contributed by atoms with van der Waals surface area (Å²) in [6.07, 6.45) is 0.977. The summed E-state index contributed by atoms with van der Waals surface area (Å²) in [4.78, 5) is 14.1. The van der Waals surface area contributed by atoms with Crippen LogP contribution >= 0.6 is 0 Å². The third-order valence-electron chi connectivity index (χ3n) is 4.10. The first-order valence-corrected chi connectivity index (χ1v) is 7.99. The van der Waals surface area contributed by atoms with E-state index in [4.69, 9.17) is 9.15 Å². The van der Waals surface area contributed by atoms with Crippen LogP contribution in [0, 0.1) is 0 Å². The molecular weight excluding hydrogens is 302 g/mol. The summed E-state index contributed by atoms with van der Waals surface area (Å²) in [5, 5.41) is 0.946. The van der Waals surface area contributed by atoms with Crippen LogP contribution < -0.4 is 10.4 Å². The zero-order valence-electron chi connectivity index (χ0n) is 14.0. The lowest BCUT2D eigenvalue weighted by atomic mass is 10.1. The number of hydrogen-bond donors (Lipinski definition) is 0. The second-order valence-electron chi connectivity index (χ2n) is 5.93. The van der Waals surface area contributed by atoms with Gasteiger partial charge in [-0.1, -0.05) is 30.3 Å². The quantitative estimate of drug-likeness (QED) is 0.651. The number of hydrogen-bond acceptors (Lipinski definition) is 4. The highest BCUT2D eigenvalue weighted by Gasteiger charge is 2.09. The molecular formula is C20H21NO3. The molecule has 0 aliphatic carbocycles. The number of nitrogens with zero attached hydrogens (tertiary/aromatic N) is 1. The van der Waals surface area contributed by atoms with Crippen LogP contribution in [-0.2, 0) is 13.0 Å². The highest BCUT2D eigenvalue weighted by atomic mass is 16.5. The van der Waals surface area contributed by atoms with Crippen LogP contribution in [0.4, 0.5) is 0 Å². The third kappa shape index (κ3) is 3.84. The molecule has 0 saturated carbocycles. The van der Waals surface area contributed by atoms with E-state index in [0.29, 0.717) is 17.9 Å². The summed E-state index contributed by atoms with van der Waals surface area (Å²) in [6, 6.07) is 17.6. The van der Waals surface area contributed by atoms with E-state index in [0.717, 1.165) is 23.9 Å². The lowest BCUT2D eigenvalue weighted by Crippen LogP contribution is -2.21. The summed E-state index contributed by atoms with van der Waals surface area (Å²) in [5.41, 5.74) is 2.52. The Morgan fingerprint density at radius 2 is 1.88 bits per heavy atom. The molecule has 0 atom stereocenters. The Labute approximate surface area is 141 Å². The smallest absolute Gasteiger partial charge is 0.336 e. The van der Waals surface area contributed by atoms with Crippen molar-refractivity contribution in [1.82, 2.24) is 4.90 Å². The highest BCUT2D eigenvalue weighted by molar-refractivity contribution is 5.81. The van der Waals surface area contributed by atoms with E-state index >= 15 is 0 Å². The van der Waals surface area contributed by atoms with Gasteiger partial charge in [0.25, 0.3) is 0 Å². The summed E-state index contributed by atoms with van der Waals surface area (Å²) in [5.74, 6) is 0.681. The van der Waals surface area contributed by atoms with Crippen LogP contribution in [0.1, 0.15) is 11.1 Å². The minimum Gasteiger partial charge on any atom is -0.497 e. The van der Waals surface area contributed by atoms with Gasteiger partial charge in [-0.3, -0.25) is 0 Å². The van der Waals surface area contributed by atoms with E-state index in [9.17, 15) is 4.79 Å².